The smallest absolute Gasteiger partial charge is 0.0233 e. The molecule has 1 heterocycles. The molecule has 1 aliphatic carbocycles. The number of nitrogens with zero attached hydrogens (tertiary/aromatic N) is 1. The predicted molar refractivity (Wildman–Crippen MR) is 75.4 cm³/mol. The highest BCUT2D eigenvalue weighted by Gasteiger charge is 2.20. The first-order valence-corrected chi connectivity index (χ1v) is 7.33. The van der Waals surface area contributed by atoms with Crippen molar-refractivity contribution < 1.29 is 0 Å². The van der Waals surface area contributed by atoms with Crippen LogP contribution in [0.3, 0.4) is 0 Å². The zero-order valence-corrected chi connectivity index (χ0v) is 11.4. The van der Waals surface area contributed by atoms with Crippen LogP contribution in [0.25, 0.3) is 0 Å². The molecule has 1 atom stereocenters. The van der Waals surface area contributed by atoms with Crippen LogP contribution in [0.1, 0.15) is 37.3 Å². The monoisotopic (exact) mass is 244 g/mol. The summed E-state index contributed by atoms with van der Waals surface area (Å²) in [5.41, 5.74) is 2.91. The van der Waals surface area contributed by atoms with Crippen LogP contribution in [-0.2, 0) is 13.1 Å². The first-order valence-electron chi connectivity index (χ1n) is 7.33. The molecule has 0 spiro atoms. The Kier molecular flexibility index (Phi) is 3.67. The molecule has 1 N–H and O–H groups in total. The van der Waals surface area contributed by atoms with Gasteiger partial charge in [0.25, 0.3) is 0 Å². The largest absolute Gasteiger partial charge is 0.310 e. The fourth-order valence-electron chi connectivity index (χ4n) is 2.82. The summed E-state index contributed by atoms with van der Waals surface area (Å²) >= 11 is 0. The molecular formula is C16H24N2. The highest BCUT2D eigenvalue weighted by Crippen LogP contribution is 2.20. The van der Waals surface area contributed by atoms with Gasteiger partial charge in [-0.2, -0.15) is 0 Å². The minimum atomic E-state index is 0.799. The second-order valence-electron chi connectivity index (χ2n) is 6.10. The molecule has 2 heteroatoms. The van der Waals surface area contributed by atoms with Crippen molar-refractivity contribution in [2.45, 2.75) is 45.3 Å². The highest BCUT2D eigenvalue weighted by atomic mass is 15.1. The van der Waals surface area contributed by atoms with Gasteiger partial charge in [0, 0.05) is 25.7 Å². The fraction of sp³-hybridized carbons (Fsp3) is 0.625. The summed E-state index contributed by atoms with van der Waals surface area (Å²) in [5, 5.41) is 3.59. The lowest BCUT2D eigenvalue weighted by atomic mass is 10.1. The van der Waals surface area contributed by atoms with E-state index >= 15 is 0 Å². The normalized spacial score (nSPS) is 24.6. The van der Waals surface area contributed by atoms with Gasteiger partial charge in [0.15, 0.2) is 0 Å². The van der Waals surface area contributed by atoms with Crippen molar-refractivity contribution in [3.05, 3.63) is 35.4 Å². The summed E-state index contributed by atoms with van der Waals surface area (Å²) in [5.74, 6) is 0.879. The number of rotatable bonds is 5. The third-order valence-electron chi connectivity index (χ3n) is 4.08. The van der Waals surface area contributed by atoms with E-state index in [2.05, 4.69) is 41.4 Å². The Balaban J connectivity index is 1.55. The van der Waals surface area contributed by atoms with Gasteiger partial charge in [-0.3, -0.25) is 4.90 Å². The van der Waals surface area contributed by atoms with E-state index in [1.165, 1.54) is 43.5 Å². The molecule has 2 aliphatic rings. The first-order chi connectivity index (χ1) is 8.79. The Bertz CT molecular complexity index is 398. The molecule has 1 aliphatic heterocycles. The summed E-state index contributed by atoms with van der Waals surface area (Å²) in [6.45, 7) is 7.06. The Morgan fingerprint density at radius 2 is 2.06 bits per heavy atom. The molecule has 18 heavy (non-hydrogen) atoms. The van der Waals surface area contributed by atoms with Crippen LogP contribution in [0.15, 0.2) is 24.3 Å². The molecule has 2 nitrogen and oxygen atoms in total. The Hall–Kier alpha value is -0.860. The van der Waals surface area contributed by atoms with E-state index in [0.29, 0.717) is 0 Å². The van der Waals surface area contributed by atoms with E-state index in [1.807, 2.05) is 0 Å². The second-order valence-corrected chi connectivity index (χ2v) is 6.10. The van der Waals surface area contributed by atoms with Crippen LogP contribution in [0.5, 0.6) is 0 Å². The quantitative estimate of drug-likeness (QED) is 0.857. The molecule has 1 aromatic carbocycles. The third-order valence-corrected chi connectivity index (χ3v) is 4.08. The van der Waals surface area contributed by atoms with E-state index in [9.17, 15) is 0 Å². The molecule has 2 fully saturated rings. The van der Waals surface area contributed by atoms with Crippen LogP contribution in [0, 0.1) is 5.92 Å². The third kappa shape index (κ3) is 3.33. The molecule has 0 aromatic heterocycles. The second kappa shape index (κ2) is 5.41. The lowest BCUT2D eigenvalue weighted by molar-refractivity contribution is 0.320. The standard InChI is InChI=1S/C16H24N2/c1-13-7-8-18(11-13)12-15-4-2-3-14(9-15)10-17-16-5-6-16/h2-4,9,13,16-17H,5-8,10-12H2,1H3. The van der Waals surface area contributed by atoms with E-state index in [0.717, 1.165) is 25.0 Å². The van der Waals surface area contributed by atoms with Crippen molar-refractivity contribution in [2.24, 2.45) is 5.92 Å². The van der Waals surface area contributed by atoms with Gasteiger partial charge in [-0.15, -0.1) is 0 Å². The predicted octanol–water partition coefficient (Wildman–Crippen LogP) is 2.78. The maximum atomic E-state index is 3.59. The van der Waals surface area contributed by atoms with Gasteiger partial charge in [0.2, 0.25) is 0 Å². The first kappa shape index (κ1) is 12.2. The van der Waals surface area contributed by atoms with Crippen LogP contribution in [0.4, 0.5) is 0 Å². The van der Waals surface area contributed by atoms with E-state index in [-0.39, 0.29) is 0 Å². The summed E-state index contributed by atoms with van der Waals surface area (Å²) < 4.78 is 0. The maximum absolute atomic E-state index is 3.59. The van der Waals surface area contributed by atoms with Gasteiger partial charge in [-0.05, 0) is 42.9 Å². The number of hydrogen-bond acceptors (Lipinski definition) is 2. The summed E-state index contributed by atoms with van der Waals surface area (Å²) in [7, 11) is 0. The van der Waals surface area contributed by atoms with Gasteiger partial charge in [0.05, 0.1) is 0 Å². The van der Waals surface area contributed by atoms with Gasteiger partial charge in [-0.25, -0.2) is 0 Å². The van der Waals surface area contributed by atoms with Crippen molar-refractivity contribution in [3.63, 3.8) is 0 Å². The molecule has 0 bridgehead atoms. The minimum Gasteiger partial charge on any atom is -0.310 e. The number of benzene rings is 1. The van der Waals surface area contributed by atoms with Crippen LogP contribution in [0.2, 0.25) is 0 Å². The molecular weight excluding hydrogens is 220 g/mol. The van der Waals surface area contributed by atoms with Crippen molar-refractivity contribution >= 4 is 0 Å². The SMILES string of the molecule is CC1CCN(Cc2cccc(CNC3CC3)c2)C1. The summed E-state index contributed by atoms with van der Waals surface area (Å²) in [6, 6.07) is 9.89. The molecule has 98 valence electrons. The molecule has 3 rings (SSSR count). The summed E-state index contributed by atoms with van der Waals surface area (Å²) in [4.78, 5) is 2.58. The van der Waals surface area contributed by atoms with Gasteiger partial charge < -0.3 is 5.32 Å². The van der Waals surface area contributed by atoms with Crippen LogP contribution < -0.4 is 5.32 Å². The Morgan fingerprint density at radius 3 is 2.78 bits per heavy atom. The average Bonchev–Trinajstić information content (AvgIpc) is 3.11. The van der Waals surface area contributed by atoms with Crippen molar-refractivity contribution in [1.82, 2.24) is 10.2 Å². The topological polar surface area (TPSA) is 15.3 Å². The van der Waals surface area contributed by atoms with Crippen LogP contribution in [-0.4, -0.2) is 24.0 Å². The molecule has 0 amide bonds. The number of nitrogens with one attached hydrogen (secondary N) is 1. The van der Waals surface area contributed by atoms with Gasteiger partial charge >= 0.3 is 0 Å². The lowest BCUT2D eigenvalue weighted by Gasteiger charge is -2.16. The minimum absolute atomic E-state index is 0.799. The zero-order valence-electron chi connectivity index (χ0n) is 11.4. The summed E-state index contributed by atoms with van der Waals surface area (Å²) in [6.07, 6.45) is 4.10. The van der Waals surface area contributed by atoms with E-state index < -0.39 is 0 Å². The zero-order chi connectivity index (χ0) is 12.4. The van der Waals surface area contributed by atoms with Crippen molar-refractivity contribution in [3.8, 4) is 0 Å². The molecule has 1 saturated heterocycles. The Labute approximate surface area is 110 Å². The van der Waals surface area contributed by atoms with Crippen molar-refractivity contribution in [2.75, 3.05) is 13.1 Å². The molecule has 1 unspecified atom stereocenters. The maximum Gasteiger partial charge on any atom is 0.0233 e. The van der Waals surface area contributed by atoms with E-state index in [1.54, 1.807) is 0 Å². The number of likely N-dealkylation sites (tertiary alicyclic amines) is 1. The Morgan fingerprint density at radius 1 is 1.22 bits per heavy atom. The van der Waals surface area contributed by atoms with E-state index in [4.69, 9.17) is 0 Å². The van der Waals surface area contributed by atoms with Gasteiger partial charge in [-0.1, -0.05) is 31.2 Å². The van der Waals surface area contributed by atoms with Crippen molar-refractivity contribution in [1.29, 1.82) is 0 Å². The molecule has 0 radical (unpaired) electrons. The molecule has 1 aromatic rings. The fourth-order valence-corrected chi connectivity index (χ4v) is 2.82. The highest BCUT2D eigenvalue weighted by molar-refractivity contribution is 5.23. The van der Waals surface area contributed by atoms with Gasteiger partial charge in [0.1, 0.15) is 0 Å². The van der Waals surface area contributed by atoms with Crippen LogP contribution >= 0.6 is 0 Å². The lowest BCUT2D eigenvalue weighted by Crippen LogP contribution is -2.20. The molecule has 1 saturated carbocycles. The average molecular weight is 244 g/mol. The number of hydrogen-bond donors (Lipinski definition) is 1.